The molecule has 0 N–H and O–H groups in total. The van der Waals surface area contributed by atoms with Gasteiger partial charge in [0.2, 0.25) is 0 Å². The Morgan fingerprint density at radius 1 is 1.30 bits per heavy atom. The van der Waals surface area contributed by atoms with Gasteiger partial charge in [0.25, 0.3) is 0 Å². The lowest BCUT2D eigenvalue weighted by Gasteiger charge is -2.40. The molecule has 0 spiro atoms. The molecule has 0 bridgehead atoms. The summed E-state index contributed by atoms with van der Waals surface area (Å²) in [5.41, 5.74) is 0.213. The van der Waals surface area contributed by atoms with Gasteiger partial charge in [0, 0.05) is 18.9 Å². The zero-order valence-electron chi connectivity index (χ0n) is 15.4. The van der Waals surface area contributed by atoms with E-state index in [1.165, 1.54) is 0 Å². The highest BCUT2D eigenvalue weighted by Gasteiger charge is 2.45. The largest absolute Gasteiger partial charge is 0.413 e. The van der Waals surface area contributed by atoms with Crippen LogP contribution in [0.5, 0.6) is 0 Å². The number of alkyl halides is 1. The Labute approximate surface area is 151 Å². The number of carbonyl (C=O) groups excluding carboxylic acids is 1. The summed E-state index contributed by atoms with van der Waals surface area (Å²) in [4.78, 5) is 12.9. The Hall–Kier alpha value is 0.0269. The summed E-state index contributed by atoms with van der Waals surface area (Å²) in [6, 6.07) is 3.37. The molecule has 134 valence electrons. The normalized spacial score (nSPS) is 25.8. The number of halogens is 1. The molecule has 0 aromatic carbocycles. The van der Waals surface area contributed by atoms with Crippen molar-refractivity contribution in [2.45, 2.75) is 83.2 Å². The van der Waals surface area contributed by atoms with Gasteiger partial charge in [-0.05, 0) is 49.9 Å². The van der Waals surface area contributed by atoms with Crippen LogP contribution in [0.4, 0.5) is 0 Å². The average molecular weight is 405 g/mol. The summed E-state index contributed by atoms with van der Waals surface area (Å²) in [6.07, 6.45) is 5.32. The quantitative estimate of drug-likeness (QED) is 0.299. The van der Waals surface area contributed by atoms with Crippen LogP contribution in [0.1, 0.15) is 53.4 Å². The number of Topliss-reactive ketones (excluding diaryl/α,β-unsaturated/α-hetero) is 1. The fourth-order valence-corrected chi connectivity index (χ4v) is 7.16. The lowest BCUT2D eigenvalue weighted by Crippen LogP contribution is -2.50. The molecular weight excluding hydrogens is 372 g/mol. The molecule has 0 amide bonds. The zero-order chi connectivity index (χ0) is 17.5. The summed E-state index contributed by atoms with van der Waals surface area (Å²) >= 11 is 3.60. The highest BCUT2D eigenvalue weighted by Crippen LogP contribution is 2.37. The maximum absolute atomic E-state index is 12.9. The SMILES string of the molecule is C/C=C1\CCC[C@](C[C@H](CBr)O[Si](CC)(CC)CC)(OC)C1=O. The minimum absolute atomic E-state index is 0.0432. The molecule has 0 saturated heterocycles. The second kappa shape index (κ2) is 9.49. The van der Waals surface area contributed by atoms with Crippen molar-refractivity contribution in [1.29, 1.82) is 0 Å². The molecule has 0 heterocycles. The van der Waals surface area contributed by atoms with Gasteiger partial charge in [-0.1, -0.05) is 42.8 Å². The van der Waals surface area contributed by atoms with E-state index in [1.807, 2.05) is 13.0 Å². The molecule has 23 heavy (non-hydrogen) atoms. The minimum Gasteiger partial charge on any atom is -0.413 e. The van der Waals surface area contributed by atoms with Crippen molar-refractivity contribution in [3.05, 3.63) is 11.6 Å². The van der Waals surface area contributed by atoms with Crippen molar-refractivity contribution in [1.82, 2.24) is 0 Å². The van der Waals surface area contributed by atoms with Crippen LogP contribution in [0.3, 0.4) is 0 Å². The topological polar surface area (TPSA) is 35.5 Å². The van der Waals surface area contributed by atoms with E-state index in [0.717, 1.165) is 48.3 Å². The van der Waals surface area contributed by atoms with Crippen molar-refractivity contribution in [2.24, 2.45) is 0 Å². The van der Waals surface area contributed by atoms with E-state index in [9.17, 15) is 4.79 Å². The van der Waals surface area contributed by atoms with E-state index in [2.05, 4.69) is 36.7 Å². The van der Waals surface area contributed by atoms with Crippen LogP contribution in [0.15, 0.2) is 11.6 Å². The molecule has 5 heteroatoms. The summed E-state index contributed by atoms with van der Waals surface area (Å²) < 4.78 is 12.4. The predicted octanol–water partition coefficient (Wildman–Crippen LogP) is 5.25. The van der Waals surface area contributed by atoms with Crippen LogP contribution in [0.25, 0.3) is 0 Å². The number of allylic oxidation sites excluding steroid dienone is 1. The van der Waals surface area contributed by atoms with Gasteiger partial charge in [0.05, 0.1) is 6.10 Å². The van der Waals surface area contributed by atoms with E-state index < -0.39 is 13.9 Å². The molecule has 1 rings (SSSR count). The molecule has 0 unspecified atom stereocenters. The second-order valence-corrected chi connectivity index (χ2v) is 11.9. The molecule has 1 saturated carbocycles. The Morgan fingerprint density at radius 3 is 2.35 bits per heavy atom. The standard InChI is InChI=1S/C18H33BrO3Si/c1-6-15-11-10-12-18(21-5,17(15)20)13-16(14-19)22-23(7-2,8-3)9-4/h6,16H,7-14H2,1-5H3/b15-6+/t16-,18-/m1/s1. The highest BCUT2D eigenvalue weighted by molar-refractivity contribution is 9.09. The Morgan fingerprint density at radius 2 is 1.91 bits per heavy atom. The van der Waals surface area contributed by atoms with Crippen LogP contribution in [0, 0.1) is 0 Å². The fraction of sp³-hybridized carbons (Fsp3) is 0.833. The number of methoxy groups -OCH3 is 1. The summed E-state index contributed by atoms with van der Waals surface area (Å²) in [5, 5.41) is 0.755. The molecule has 1 fully saturated rings. The maximum atomic E-state index is 12.9. The van der Waals surface area contributed by atoms with Crippen LogP contribution in [-0.4, -0.2) is 38.2 Å². The highest BCUT2D eigenvalue weighted by atomic mass is 79.9. The van der Waals surface area contributed by atoms with E-state index in [4.69, 9.17) is 9.16 Å². The number of carbonyl (C=O) groups is 1. The number of rotatable bonds is 9. The number of ether oxygens (including phenoxy) is 1. The van der Waals surface area contributed by atoms with Crippen LogP contribution in [-0.2, 0) is 14.0 Å². The molecule has 2 atom stereocenters. The van der Waals surface area contributed by atoms with E-state index in [0.29, 0.717) is 6.42 Å². The number of ketones is 1. The fourth-order valence-electron chi connectivity index (χ4n) is 3.68. The third-order valence-corrected chi connectivity index (χ3v) is 11.0. The third-order valence-electron chi connectivity index (χ3n) is 5.55. The van der Waals surface area contributed by atoms with Crippen LogP contribution >= 0.6 is 15.9 Å². The lowest BCUT2D eigenvalue weighted by molar-refractivity contribution is -0.143. The number of hydrogen-bond acceptors (Lipinski definition) is 3. The van der Waals surface area contributed by atoms with E-state index in [-0.39, 0.29) is 11.9 Å². The zero-order valence-corrected chi connectivity index (χ0v) is 18.0. The van der Waals surface area contributed by atoms with Gasteiger partial charge >= 0.3 is 0 Å². The van der Waals surface area contributed by atoms with Crippen molar-refractivity contribution >= 4 is 30.0 Å². The van der Waals surface area contributed by atoms with Crippen molar-refractivity contribution < 1.29 is 14.0 Å². The first-order valence-corrected chi connectivity index (χ1v) is 12.6. The molecule has 0 radical (unpaired) electrons. The van der Waals surface area contributed by atoms with Gasteiger partial charge in [-0.25, -0.2) is 0 Å². The third kappa shape index (κ3) is 4.77. The van der Waals surface area contributed by atoms with Crippen molar-refractivity contribution in [3.8, 4) is 0 Å². The monoisotopic (exact) mass is 404 g/mol. The van der Waals surface area contributed by atoms with Gasteiger partial charge in [-0.3, -0.25) is 4.79 Å². The maximum Gasteiger partial charge on any atom is 0.192 e. The van der Waals surface area contributed by atoms with E-state index >= 15 is 0 Å². The van der Waals surface area contributed by atoms with Crippen LogP contribution in [0.2, 0.25) is 18.1 Å². The molecule has 0 aliphatic heterocycles. The Balaban J connectivity index is 2.96. The van der Waals surface area contributed by atoms with Crippen molar-refractivity contribution in [3.63, 3.8) is 0 Å². The van der Waals surface area contributed by atoms with Crippen LogP contribution < -0.4 is 0 Å². The first kappa shape index (κ1) is 21.1. The first-order valence-electron chi connectivity index (χ1n) is 8.95. The second-order valence-electron chi connectivity index (χ2n) is 6.54. The van der Waals surface area contributed by atoms with E-state index in [1.54, 1.807) is 7.11 Å². The smallest absolute Gasteiger partial charge is 0.192 e. The number of hydrogen-bond donors (Lipinski definition) is 0. The van der Waals surface area contributed by atoms with Gasteiger partial charge < -0.3 is 9.16 Å². The first-order chi connectivity index (χ1) is 11.0. The molecular formula is C18H33BrO3Si. The molecule has 1 aliphatic rings. The molecule has 1 aliphatic carbocycles. The Kier molecular flexibility index (Phi) is 8.70. The van der Waals surface area contributed by atoms with Gasteiger partial charge in [0.1, 0.15) is 5.60 Å². The van der Waals surface area contributed by atoms with Gasteiger partial charge in [0.15, 0.2) is 14.1 Å². The van der Waals surface area contributed by atoms with Gasteiger partial charge in [-0.15, -0.1) is 0 Å². The molecule has 0 aromatic heterocycles. The van der Waals surface area contributed by atoms with Gasteiger partial charge in [-0.2, -0.15) is 0 Å². The lowest BCUT2D eigenvalue weighted by atomic mass is 9.77. The Bertz CT molecular complexity index is 412. The predicted molar refractivity (Wildman–Crippen MR) is 103 cm³/mol. The molecule has 3 nitrogen and oxygen atoms in total. The summed E-state index contributed by atoms with van der Waals surface area (Å²) in [7, 11) is -0.0179. The summed E-state index contributed by atoms with van der Waals surface area (Å²) in [5.74, 6) is 0.167. The summed E-state index contributed by atoms with van der Waals surface area (Å²) in [6.45, 7) is 8.65. The minimum atomic E-state index is -1.69. The average Bonchev–Trinajstić information content (AvgIpc) is 2.60. The molecule has 0 aromatic rings. The van der Waals surface area contributed by atoms with Crippen molar-refractivity contribution in [2.75, 3.05) is 12.4 Å².